The third kappa shape index (κ3) is 2.91. The number of benzene rings is 1. The monoisotopic (exact) mass is 246 g/mol. The van der Waals surface area contributed by atoms with Gasteiger partial charge in [-0.15, -0.1) is 0 Å². The summed E-state index contributed by atoms with van der Waals surface area (Å²) in [5, 5.41) is 0. The summed E-state index contributed by atoms with van der Waals surface area (Å²) in [6.07, 6.45) is 2.15. The highest BCUT2D eigenvalue weighted by Gasteiger charge is 2.24. The van der Waals surface area contributed by atoms with Crippen molar-refractivity contribution in [2.45, 2.75) is 25.8 Å². The van der Waals surface area contributed by atoms with E-state index in [2.05, 4.69) is 19.0 Å². The number of piperidine rings is 1. The number of likely N-dealkylation sites (tertiary alicyclic amines) is 1. The molecule has 1 aliphatic rings. The topological polar surface area (TPSA) is 23.6 Å². The number of aryl methyl sites for hydroxylation is 1. The number of carbonyl (C=O) groups excluding carboxylic acids is 1. The third-order valence-electron chi connectivity index (χ3n) is 3.78. The van der Waals surface area contributed by atoms with Crippen molar-refractivity contribution in [3.63, 3.8) is 0 Å². The van der Waals surface area contributed by atoms with Crippen LogP contribution in [0.2, 0.25) is 0 Å². The Morgan fingerprint density at radius 1 is 1.17 bits per heavy atom. The second-order valence-electron chi connectivity index (χ2n) is 5.35. The summed E-state index contributed by atoms with van der Waals surface area (Å²) in [7, 11) is 4.23. The van der Waals surface area contributed by atoms with Crippen molar-refractivity contribution in [2.24, 2.45) is 0 Å². The molecule has 1 fully saturated rings. The Balaban J connectivity index is 1.97. The fourth-order valence-electron chi connectivity index (χ4n) is 2.46. The van der Waals surface area contributed by atoms with Gasteiger partial charge in [0.2, 0.25) is 0 Å². The molecule has 0 unspecified atom stereocenters. The Labute approximate surface area is 109 Å². The number of rotatable bonds is 2. The Morgan fingerprint density at radius 3 is 2.22 bits per heavy atom. The lowest BCUT2D eigenvalue weighted by Gasteiger charge is -2.35. The van der Waals surface area contributed by atoms with Gasteiger partial charge in [-0.05, 0) is 46.0 Å². The Morgan fingerprint density at radius 2 is 1.72 bits per heavy atom. The minimum absolute atomic E-state index is 0.173. The van der Waals surface area contributed by atoms with Crippen LogP contribution in [-0.2, 0) is 0 Å². The molecular formula is C15H22N2O. The van der Waals surface area contributed by atoms with Crippen LogP contribution in [0.1, 0.15) is 28.8 Å². The second-order valence-corrected chi connectivity index (χ2v) is 5.35. The molecular weight excluding hydrogens is 224 g/mol. The maximum Gasteiger partial charge on any atom is 0.253 e. The van der Waals surface area contributed by atoms with Gasteiger partial charge >= 0.3 is 0 Å². The maximum atomic E-state index is 12.3. The minimum atomic E-state index is 0.173. The van der Waals surface area contributed by atoms with Crippen LogP contribution in [0, 0.1) is 6.92 Å². The van der Waals surface area contributed by atoms with E-state index in [1.165, 1.54) is 5.56 Å². The highest BCUT2D eigenvalue weighted by molar-refractivity contribution is 5.94. The molecule has 0 aliphatic carbocycles. The van der Waals surface area contributed by atoms with E-state index >= 15 is 0 Å². The highest BCUT2D eigenvalue weighted by Crippen LogP contribution is 2.16. The largest absolute Gasteiger partial charge is 0.339 e. The number of hydrogen-bond donors (Lipinski definition) is 0. The summed E-state index contributed by atoms with van der Waals surface area (Å²) in [6, 6.07) is 8.47. The van der Waals surface area contributed by atoms with E-state index in [9.17, 15) is 4.79 Å². The van der Waals surface area contributed by atoms with E-state index in [-0.39, 0.29) is 5.91 Å². The molecule has 18 heavy (non-hydrogen) atoms. The Hall–Kier alpha value is -1.35. The van der Waals surface area contributed by atoms with Crippen LogP contribution in [0.5, 0.6) is 0 Å². The maximum absolute atomic E-state index is 12.3. The van der Waals surface area contributed by atoms with Gasteiger partial charge in [0, 0.05) is 24.7 Å². The molecule has 1 aromatic rings. The molecule has 0 aromatic heterocycles. The van der Waals surface area contributed by atoms with Crippen molar-refractivity contribution in [3.05, 3.63) is 35.4 Å². The normalized spacial score (nSPS) is 17.2. The quantitative estimate of drug-likeness (QED) is 0.798. The SMILES string of the molecule is Cc1ccc(C(=O)N2CCC(N(C)C)CC2)cc1. The Kier molecular flexibility index (Phi) is 4.02. The van der Waals surface area contributed by atoms with Crippen LogP contribution < -0.4 is 0 Å². The average molecular weight is 246 g/mol. The molecule has 1 amide bonds. The lowest BCUT2D eigenvalue weighted by Crippen LogP contribution is -2.44. The summed E-state index contributed by atoms with van der Waals surface area (Å²) in [5.74, 6) is 0.173. The van der Waals surface area contributed by atoms with Gasteiger partial charge in [-0.3, -0.25) is 4.79 Å². The van der Waals surface area contributed by atoms with Gasteiger partial charge in [0.15, 0.2) is 0 Å². The van der Waals surface area contributed by atoms with Crippen LogP contribution in [0.15, 0.2) is 24.3 Å². The Bertz CT molecular complexity index is 403. The zero-order chi connectivity index (χ0) is 13.1. The molecule has 0 N–H and O–H groups in total. The second kappa shape index (κ2) is 5.53. The van der Waals surface area contributed by atoms with Crippen molar-refractivity contribution in [1.82, 2.24) is 9.80 Å². The van der Waals surface area contributed by atoms with Gasteiger partial charge in [0.25, 0.3) is 5.91 Å². The van der Waals surface area contributed by atoms with E-state index in [1.807, 2.05) is 36.1 Å². The van der Waals surface area contributed by atoms with Gasteiger partial charge in [0.1, 0.15) is 0 Å². The van der Waals surface area contributed by atoms with E-state index in [4.69, 9.17) is 0 Å². The number of amides is 1. The van der Waals surface area contributed by atoms with E-state index in [0.29, 0.717) is 6.04 Å². The summed E-state index contributed by atoms with van der Waals surface area (Å²) in [6.45, 7) is 3.78. The first kappa shape index (κ1) is 13.1. The molecule has 98 valence electrons. The molecule has 2 rings (SSSR count). The zero-order valence-electron chi connectivity index (χ0n) is 11.5. The number of carbonyl (C=O) groups is 1. The van der Waals surface area contributed by atoms with Gasteiger partial charge in [-0.1, -0.05) is 17.7 Å². The molecule has 3 heteroatoms. The molecule has 0 saturated carbocycles. The van der Waals surface area contributed by atoms with Crippen molar-refractivity contribution in [1.29, 1.82) is 0 Å². The molecule has 0 spiro atoms. The predicted molar refractivity (Wildman–Crippen MR) is 73.8 cm³/mol. The van der Waals surface area contributed by atoms with Crippen LogP contribution in [0.25, 0.3) is 0 Å². The van der Waals surface area contributed by atoms with E-state index in [0.717, 1.165) is 31.5 Å². The molecule has 1 aliphatic heterocycles. The van der Waals surface area contributed by atoms with Crippen molar-refractivity contribution in [3.8, 4) is 0 Å². The zero-order valence-corrected chi connectivity index (χ0v) is 11.5. The fraction of sp³-hybridized carbons (Fsp3) is 0.533. The third-order valence-corrected chi connectivity index (χ3v) is 3.78. The van der Waals surface area contributed by atoms with Crippen LogP contribution >= 0.6 is 0 Å². The van der Waals surface area contributed by atoms with Gasteiger partial charge in [0.05, 0.1) is 0 Å². The fourth-order valence-corrected chi connectivity index (χ4v) is 2.46. The molecule has 0 radical (unpaired) electrons. The predicted octanol–water partition coefficient (Wildman–Crippen LogP) is 2.16. The lowest BCUT2D eigenvalue weighted by molar-refractivity contribution is 0.0663. The summed E-state index contributed by atoms with van der Waals surface area (Å²) in [5.41, 5.74) is 2.00. The summed E-state index contributed by atoms with van der Waals surface area (Å²) < 4.78 is 0. The van der Waals surface area contributed by atoms with Crippen LogP contribution in [-0.4, -0.2) is 48.9 Å². The summed E-state index contributed by atoms with van der Waals surface area (Å²) >= 11 is 0. The van der Waals surface area contributed by atoms with E-state index in [1.54, 1.807) is 0 Å². The van der Waals surface area contributed by atoms with Crippen molar-refractivity contribution >= 4 is 5.91 Å². The van der Waals surface area contributed by atoms with Crippen LogP contribution in [0.3, 0.4) is 0 Å². The first-order valence-electron chi connectivity index (χ1n) is 6.60. The highest BCUT2D eigenvalue weighted by atomic mass is 16.2. The lowest BCUT2D eigenvalue weighted by atomic mass is 10.0. The number of hydrogen-bond acceptors (Lipinski definition) is 2. The summed E-state index contributed by atoms with van der Waals surface area (Å²) in [4.78, 5) is 16.5. The average Bonchev–Trinajstić information content (AvgIpc) is 2.39. The molecule has 0 atom stereocenters. The molecule has 1 heterocycles. The molecule has 1 aromatic carbocycles. The first-order chi connectivity index (χ1) is 8.58. The van der Waals surface area contributed by atoms with Crippen LogP contribution in [0.4, 0.5) is 0 Å². The molecule has 1 saturated heterocycles. The van der Waals surface area contributed by atoms with Gasteiger partial charge in [-0.25, -0.2) is 0 Å². The minimum Gasteiger partial charge on any atom is -0.339 e. The van der Waals surface area contributed by atoms with Crippen molar-refractivity contribution in [2.75, 3.05) is 27.2 Å². The van der Waals surface area contributed by atoms with E-state index < -0.39 is 0 Å². The first-order valence-corrected chi connectivity index (χ1v) is 6.60. The van der Waals surface area contributed by atoms with Crippen molar-refractivity contribution < 1.29 is 4.79 Å². The standard InChI is InChI=1S/C15H22N2O/c1-12-4-6-13(7-5-12)15(18)17-10-8-14(9-11-17)16(2)3/h4-7,14H,8-11H2,1-3H3. The molecule has 0 bridgehead atoms. The van der Waals surface area contributed by atoms with Gasteiger partial charge < -0.3 is 9.80 Å². The molecule has 3 nitrogen and oxygen atoms in total. The number of nitrogens with zero attached hydrogens (tertiary/aromatic N) is 2. The van der Waals surface area contributed by atoms with Gasteiger partial charge in [-0.2, -0.15) is 0 Å². The smallest absolute Gasteiger partial charge is 0.253 e.